The van der Waals surface area contributed by atoms with E-state index in [9.17, 15) is 18.8 Å². The highest BCUT2D eigenvalue weighted by Crippen LogP contribution is 2.17. The number of hydrogen-bond donors (Lipinski definition) is 2. The highest BCUT2D eigenvalue weighted by atomic mass is 19.1. The molecule has 0 saturated carbocycles. The molecule has 2 rings (SSSR count). The van der Waals surface area contributed by atoms with Crippen molar-refractivity contribution in [2.45, 2.75) is 39.7 Å². The first-order chi connectivity index (χ1) is 13.3. The molecule has 2 aromatic carbocycles. The van der Waals surface area contributed by atoms with Crippen LogP contribution in [0.15, 0.2) is 42.5 Å². The number of hydrazine groups is 1. The second kappa shape index (κ2) is 9.64. The molecule has 148 valence electrons. The van der Waals surface area contributed by atoms with Gasteiger partial charge in [-0.1, -0.05) is 29.8 Å². The first-order valence-electron chi connectivity index (χ1n) is 8.88. The molecule has 0 saturated heterocycles. The monoisotopic (exact) mass is 386 g/mol. The Morgan fingerprint density at radius 2 is 1.75 bits per heavy atom. The number of halogens is 1. The van der Waals surface area contributed by atoms with Gasteiger partial charge in [0.05, 0.1) is 0 Å². The number of nitrogens with one attached hydrogen (secondary N) is 2. The van der Waals surface area contributed by atoms with Crippen LogP contribution < -0.4 is 15.6 Å². The first-order valence-corrected chi connectivity index (χ1v) is 8.88. The van der Waals surface area contributed by atoms with E-state index >= 15 is 0 Å². The zero-order chi connectivity index (χ0) is 20.7. The van der Waals surface area contributed by atoms with Crippen molar-refractivity contribution < 1.29 is 23.5 Å². The molecule has 0 aliphatic carbocycles. The van der Waals surface area contributed by atoms with Crippen LogP contribution in [0.5, 0.6) is 5.75 Å². The lowest BCUT2D eigenvalue weighted by Gasteiger charge is -2.15. The number of carbonyl (C=O) groups excluding carboxylic acids is 3. The van der Waals surface area contributed by atoms with Crippen LogP contribution in [0.1, 0.15) is 41.3 Å². The second-order valence-electron chi connectivity index (χ2n) is 6.47. The maximum absolute atomic E-state index is 13.5. The third kappa shape index (κ3) is 5.90. The molecule has 0 fully saturated rings. The van der Waals surface area contributed by atoms with Crippen molar-refractivity contribution in [2.24, 2.45) is 0 Å². The molecule has 1 atom stereocenters. The summed E-state index contributed by atoms with van der Waals surface area (Å²) in [6.07, 6.45) is -1.07. The van der Waals surface area contributed by atoms with Crippen molar-refractivity contribution in [1.82, 2.24) is 10.9 Å². The topological polar surface area (TPSA) is 84.5 Å². The molecule has 0 aliphatic heterocycles. The zero-order valence-electron chi connectivity index (χ0n) is 16.0. The summed E-state index contributed by atoms with van der Waals surface area (Å²) < 4.78 is 18.8. The number of ketones is 1. The van der Waals surface area contributed by atoms with E-state index in [-0.39, 0.29) is 24.4 Å². The number of ether oxygens (including phenoxy) is 1. The largest absolute Gasteiger partial charge is 0.478 e. The average molecular weight is 386 g/mol. The van der Waals surface area contributed by atoms with Crippen LogP contribution in [-0.4, -0.2) is 23.7 Å². The Kier molecular flexibility index (Phi) is 7.26. The quantitative estimate of drug-likeness (QED) is 0.566. The predicted molar refractivity (Wildman–Crippen MR) is 102 cm³/mol. The Hall–Kier alpha value is -3.22. The Labute approximate surface area is 163 Å². The minimum absolute atomic E-state index is 0.0211. The highest BCUT2D eigenvalue weighted by molar-refractivity contribution is 5.99. The maximum atomic E-state index is 13.5. The van der Waals surface area contributed by atoms with E-state index in [2.05, 4.69) is 10.9 Å². The lowest BCUT2D eigenvalue weighted by atomic mass is 9.99. The second-order valence-corrected chi connectivity index (χ2v) is 6.47. The van der Waals surface area contributed by atoms with Gasteiger partial charge in [-0.2, -0.15) is 0 Å². The zero-order valence-corrected chi connectivity index (χ0v) is 16.0. The van der Waals surface area contributed by atoms with E-state index in [1.165, 1.54) is 25.1 Å². The van der Waals surface area contributed by atoms with Crippen molar-refractivity contribution in [3.05, 3.63) is 65.0 Å². The maximum Gasteiger partial charge on any atom is 0.279 e. The van der Waals surface area contributed by atoms with E-state index in [1.807, 2.05) is 26.0 Å². The Morgan fingerprint density at radius 1 is 1.04 bits per heavy atom. The fourth-order valence-electron chi connectivity index (χ4n) is 2.48. The van der Waals surface area contributed by atoms with Crippen molar-refractivity contribution in [2.75, 3.05) is 0 Å². The number of carbonyl (C=O) groups is 3. The van der Waals surface area contributed by atoms with Crippen LogP contribution in [0.3, 0.4) is 0 Å². The van der Waals surface area contributed by atoms with Gasteiger partial charge in [-0.25, -0.2) is 4.39 Å². The molecule has 0 heterocycles. The van der Waals surface area contributed by atoms with E-state index in [4.69, 9.17) is 4.74 Å². The van der Waals surface area contributed by atoms with Gasteiger partial charge in [0.25, 0.3) is 5.91 Å². The normalized spacial score (nSPS) is 11.4. The third-order valence-corrected chi connectivity index (χ3v) is 4.11. The fourth-order valence-corrected chi connectivity index (χ4v) is 2.48. The number of Topliss-reactive ketones (excluding diaryl/α,β-unsaturated/α-hetero) is 1. The van der Waals surface area contributed by atoms with E-state index < -0.39 is 23.7 Å². The number of amides is 2. The molecule has 0 spiro atoms. The summed E-state index contributed by atoms with van der Waals surface area (Å²) in [6, 6.07) is 11.3. The van der Waals surface area contributed by atoms with E-state index in [1.54, 1.807) is 12.1 Å². The number of rotatable bonds is 7. The molecule has 2 N–H and O–H groups in total. The van der Waals surface area contributed by atoms with Gasteiger partial charge in [0.1, 0.15) is 0 Å². The summed E-state index contributed by atoms with van der Waals surface area (Å²) >= 11 is 0. The number of hydrogen-bond acceptors (Lipinski definition) is 4. The Bertz CT molecular complexity index is 882. The van der Waals surface area contributed by atoms with Crippen LogP contribution >= 0.6 is 0 Å². The molecule has 0 aliphatic rings. The average Bonchev–Trinajstić information content (AvgIpc) is 2.67. The smallest absolute Gasteiger partial charge is 0.279 e. The number of aryl methyl sites for hydroxylation is 2. The molecule has 2 amide bonds. The van der Waals surface area contributed by atoms with Crippen LogP contribution in [0.4, 0.5) is 4.39 Å². The number of para-hydroxylation sites is 1. The molecular weight excluding hydrogens is 363 g/mol. The first kappa shape index (κ1) is 21.1. The van der Waals surface area contributed by atoms with Crippen molar-refractivity contribution >= 4 is 17.6 Å². The molecular formula is C21H23FN2O4. The summed E-state index contributed by atoms with van der Waals surface area (Å²) in [6.45, 7) is 5.16. The molecule has 6 nitrogen and oxygen atoms in total. The fraction of sp³-hybridized carbons (Fsp3) is 0.286. The summed E-state index contributed by atoms with van der Waals surface area (Å²) in [5.41, 5.74) is 6.85. The van der Waals surface area contributed by atoms with Crippen molar-refractivity contribution in [1.29, 1.82) is 0 Å². The molecule has 0 unspecified atom stereocenters. The van der Waals surface area contributed by atoms with Crippen LogP contribution in [0, 0.1) is 19.7 Å². The lowest BCUT2D eigenvalue weighted by Crippen LogP contribution is -2.47. The van der Waals surface area contributed by atoms with E-state index in [0.29, 0.717) is 5.56 Å². The minimum atomic E-state index is -1.02. The molecule has 7 heteroatoms. The minimum Gasteiger partial charge on any atom is -0.478 e. The van der Waals surface area contributed by atoms with Gasteiger partial charge in [0, 0.05) is 18.4 Å². The van der Waals surface area contributed by atoms with Gasteiger partial charge in [0.2, 0.25) is 5.91 Å². The van der Waals surface area contributed by atoms with Crippen molar-refractivity contribution in [3.63, 3.8) is 0 Å². The van der Waals surface area contributed by atoms with Crippen LogP contribution in [-0.2, 0) is 9.59 Å². The molecule has 28 heavy (non-hydrogen) atoms. The lowest BCUT2D eigenvalue weighted by molar-refractivity contribution is -0.132. The molecule has 2 aromatic rings. The summed E-state index contributed by atoms with van der Waals surface area (Å²) in [4.78, 5) is 36.1. The van der Waals surface area contributed by atoms with Gasteiger partial charge in [0.15, 0.2) is 23.5 Å². The molecule has 0 radical (unpaired) electrons. The van der Waals surface area contributed by atoms with Crippen LogP contribution in [0.2, 0.25) is 0 Å². The molecule has 0 bridgehead atoms. The Balaban J connectivity index is 1.78. The van der Waals surface area contributed by atoms with E-state index in [0.717, 1.165) is 11.1 Å². The van der Waals surface area contributed by atoms with Crippen molar-refractivity contribution in [3.8, 4) is 5.75 Å². The summed E-state index contributed by atoms with van der Waals surface area (Å²) in [7, 11) is 0. The van der Waals surface area contributed by atoms with Gasteiger partial charge in [-0.05, 0) is 44.5 Å². The van der Waals surface area contributed by atoms with Gasteiger partial charge in [-0.15, -0.1) is 0 Å². The van der Waals surface area contributed by atoms with Gasteiger partial charge >= 0.3 is 0 Å². The van der Waals surface area contributed by atoms with Crippen LogP contribution in [0.25, 0.3) is 0 Å². The summed E-state index contributed by atoms with van der Waals surface area (Å²) in [5.74, 6) is -1.94. The standard InChI is InChI=1S/C21H23FN2O4/c1-13-8-9-14(2)16(12-13)18(25)10-11-20(26)23-24-21(27)15(3)28-19-7-5-4-6-17(19)22/h4-9,12,15H,10-11H2,1-3H3,(H,23,26)(H,24,27)/t15-/m0/s1. The third-order valence-electron chi connectivity index (χ3n) is 4.11. The number of benzene rings is 2. The highest BCUT2D eigenvalue weighted by Gasteiger charge is 2.17. The van der Waals surface area contributed by atoms with Gasteiger partial charge in [-0.3, -0.25) is 25.2 Å². The predicted octanol–water partition coefficient (Wildman–Crippen LogP) is 3.02. The Morgan fingerprint density at radius 3 is 2.46 bits per heavy atom. The molecule has 0 aromatic heterocycles. The summed E-state index contributed by atoms with van der Waals surface area (Å²) in [5, 5.41) is 0. The van der Waals surface area contributed by atoms with Gasteiger partial charge < -0.3 is 4.74 Å². The SMILES string of the molecule is Cc1ccc(C)c(C(=O)CCC(=O)NNC(=O)[C@H](C)Oc2ccccc2F)c1.